The number of aromatic nitrogens is 2. The van der Waals surface area contributed by atoms with Crippen LogP contribution in [0.25, 0.3) is 11.0 Å². The highest BCUT2D eigenvalue weighted by Gasteiger charge is 2.01. The second kappa shape index (κ2) is 3.92. The fourth-order valence-corrected chi connectivity index (χ4v) is 2.15. The third kappa shape index (κ3) is 1.91. The minimum atomic E-state index is 1.09. The van der Waals surface area contributed by atoms with Gasteiger partial charge in [-0.05, 0) is 6.42 Å². The van der Waals surface area contributed by atoms with Crippen LogP contribution in [0.5, 0.6) is 0 Å². The van der Waals surface area contributed by atoms with Crippen molar-refractivity contribution < 1.29 is 0 Å². The molecule has 0 aromatic carbocycles. The van der Waals surface area contributed by atoms with E-state index in [2.05, 4.69) is 27.7 Å². The van der Waals surface area contributed by atoms with Gasteiger partial charge in [-0.3, -0.25) is 0 Å². The van der Waals surface area contributed by atoms with Gasteiger partial charge < -0.3 is 4.98 Å². The summed E-state index contributed by atoms with van der Waals surface area (Å²) in [5, 5.41) is 4.21. The number of rotatable bonds is 4. The summed E-state index contributed by atoms with van der Waals surface area (Å²) >= 11 is 1.70. The molecule has 0 unspecified atom stereocenters. The van der Waals surface area contributed by atoms with E-state index in [-0.39, 0.29) is 0 Å². The largest absolute Gasteiger partial charge is 0.341 e. The van der Waals surface area contributed by atoms with Crippen LogP contribution in [0.4, 0.5) is 0 Å². The van der Waals surface area contributed by atoms with E-state index in [4.69, 9.17) is 0 Å². The first-order chi connectivity index (χ1) is 6.40. The Morgan fingerprint density at radius 2 is 2.31 bits per heavy atom. The van der Waals surface area contributed by atoms with Crippen molar-refractivity contribution in [1.29, 1.82) is 0 Å². The van der Waals surface area contributed by atoms with Crippen molar-refractivity contribution in [2.24, 2.45) is 0 Å². The lowest BCUT2D eigenvalue weighted by atomic mass is 10.2. The maximum Gasteiger partial charge on any atom is 0.107 e. The summed E-state index contributed by atoms with van der Waals surface area (Å²) in [6.45, 7) is 2.22. The number of thiophene rings is 1. The van der Waals surface area contributed by atoms with E-state index in [1.54, 1.807) is 11.3 Å². The van der Waals surface area contributed by atoms with E-state index >= 15 is 0 Å². The van der Waals surface area contributed by atoms with Gasteiger partial charge in [0.15, 0.2) is 0 Å². The zero-order chi connectivity index (χ0) is 9.10. The van der Waals surface area contributed by atoms with Crippen LogP contribution < -0.4 is 0 Å². The summed E-state index contributed by atoms with van der Waals surface area (Å²) in [5.41, 5.74) is 2.31. The van der Waals surface area contributed by atoms with E-state index in [0.717, 1.165) is 17.8 Å². The number of nitrogens with one attached hydrogen (secondary N) is 1. The van der Waals surface area contributed by atoms with Crippen LogP contribution in [-0.2, 0) is 6.42 Å². The van der Waals surface area contributed by atoms with Gasteiger partial charge in [0, 0.05) is 17.2 Å². The molecule has 70 valence electrons. The molecule has 0 atom stereocenters. The fourth-order valence-electron chi connectivity index (χ4n) is 1.46. The molecule has 0 amide bonds. The van der Waals surface area contributed by atoms with E-state index in [1.165, 1.54) is 24.8 Å². The molecule has 2 nitrogen and oxygen atoms in total. The van der Waals surface area contributed by atoms with Crippen LogP contribution >= 0.6 is 11.3 Å². The molecule has 2 rings (SSSR count). The number of hydrogen-bond donors (Lipinski definition) is 1. The molecule has 0 aliphatic rings. The third-order valence-electron chi connectivity index (χ3n) is 2.19. The lowest BCUT2D eigenvalue weighted by molar-refractivity contribution is 0.700. The number of hydrogen-bond acceptors (Lipinski definition) is 2. The Labute approximate surface area is 82.0 Å². The highest BCUT2D eigenvalue weighted by molar-refractivity contribution is 7.09. The van der Waals surface area contributed by atoms with E-state index in [1.807, 2.05) is 0 Å². The average Bonchev–Trinajstić information content (AvgIpc) is 2.64. The van der Waals surface area contributed by atoms with Crippen molar-refractivity contribution in [1.82, 2.24) is 9.97 Å². The monoisotopic (exact) mass is 194 g/mol. The summed E-state index contributed by atoms with van der Waals surface area (Å²) in [6.07, 6.45) is 4.91. The van der Waals surface area contributed by atoms with Gasteiger partial charge in [0.1, 0.15) is 5.82 Å². The third-order valence-corrected chi connectivity index (χ3v) is 2.92. The second-order valence-corrected chi connectivity index (χ2v) is 4.05. The average molecular weight is 194 g/mol. The smallest absolute Gasteiger partial charge is 0.107 e. The Kier molecular flexibility index (Phi) is 2.64. The van der Waals surface area contributed by atoms with Gasteiger partial charge in [-0.2, -0.15) is 0 Å². The van der Waals surface area contributed by atoms with Gasteiger partial charge in [0.25, 0.3) is 0 Å². The van der Waals surface area contributed by atoms with Crippen molar-refractivity contribution in [2.45, 2.75) is 32.6 Å². The van der Waals surface area contributed by atoms with E-state index in [9.17, 15) is 0 Å². The van der Waals surface area contributed by atoms with Gasteiger partial charge in [0.2, 0.25) is 0 Å². The Balaban J connectivity index is 2.03. The molecule has 0 bridgehead atoms. The molecule has 2 heterocycles. The molecule has 3 heteroatoms. The van der Waals surface area contributed by atoms with Crippen LogP contribution in [-0.4, -0.2) is 9.97 Å². The fraction of sp³-hybridized carbons (Fsp3) is 0.500. The van der Waals surface area contributed by atoms with Gasteiger partial charge in [0.05, 0.1) is 11.0 Å². The Morgan fingerprint density at radius 1 is 1.38 bits per heavy atom. The van der Waals surface area contributed by atoms with Crippen LogP contribution in [0.15, 0.2) is 10.8 Å². The molecule has 0 aliphatic heterocycles. The molecular formula is C10H14N2S. The Bertz CT molecular complexity index is 346. The molecule has 2 aromatic rings. The number of fused-ring (bicyclic) bond motifs is 1. The lowest BCUT2D eigenvalue weighted by Crippen LogP contribution is -1.87. The molecule has 0 radical (unpaired) electrons. The first kappa shape index (κ1) is 8.75. The molecule has 0 saturated carbocycles. The zero-order valence-electron chi connectivity index (χ0n) is 7.84. The molecule has 0 aliphatic carbocycles. The van der Waals surface area contributed by atoms with Crippen LogP contribution in [0.1, 0.15) is 32.0 Å². The quantitative estimate of drug-likeness (QED) is 0.743. The van der Waals surface area contributed by atoms with Gasteiger partial charge in [-0.1, -0.05) is 19.8 Å². The number of imidazole rings is 1. The van der Waals surface area contributed by atoms with E-state index in [0.29, 0.717) is 0 Å². The summed E-state index contributed by atoms with van der Waals surface area (Å²) in [7, 11) is 0. The van der Waals surface area contributed by atoms with E-state index < -0.39 is 0 Å². The predicted octanol–water partition coefficient (Wildman–Crippen LogP) is 3.36. The van der Waals surface area contributed by atoms with Gasteiger partial charge in [-0.25, -0.2) is 4.98 Å². The number of H-pyrrole nitrogens is 1. The first-order valence-corrected chi connectivity index (χ1v) is 5.75. The predicted molar refractivity (Wildman–Crippen MR) is 57.2 cm³/mol. The van der Waals surface area contributed by atoms with Crippen LogP contribution in [0.3, 0.4) is 0 Å². The molecule has 2 aromatic heterocycles. The summed E-state index contributed by atoms with van der Waals surface area (Å²) in [6, 6.07) is 0. The van der Waals surface area contributed by atoms with Crippen molar-refractivity contribution in [3.63, 3.8) is 0 Å². The molecule has 0 saturated heterocycles. The standard InChI is InChI=1S/C10H14N2S/c1-2-3-4-5-10-11-8-6-13-7-9(8)12-10/h6-7H,2-5H2,1H3,(H,11,12). The maximum atomic E-state index is 4.50. The number of nitrogens with zero attached hydrogens (tertiary/aromatic N) is 1. The second-order valence-electron chi connectivity index (χ2n) is 3.31. The minimum absolute atomic E-state index is 1.09. The maximum absolute atomic E-state index is 4.50. The first-order valence-electron chi connectivity index (χ1n) is 4.81. The topological polar surface area (TPSA) is 28.7 Å². The van der Waals surface area contributed by atoms with Crippen molar-refractivity contribution in [3.05, 3.63) is 16.6 Å². The molecule has 0 spiro atoms. The van der Waals surface area contributed by atoms with Crippen molar-refractivity contribution in [2.75, 3.05) is 0 Å². The van der Waals surface area contributed by atoms with Gasteiger partial charge in [-0.15, -0.1) is 11.3 Å². The van der Waals surface area contributed by atoms with Crippen molar-refractivity contribution >= 4 is 22.4 Å². The Hall–Kier alpha value is -0.830. The molecule has 13 heavy (non-hydrogen) atoms. The van der Waals surface area contributed by atoms with Crippen LogP contribution in [0, 0.1) is 0 Å². The highest BCUT2D eigenvalue weighted by Crippen LogP contribution is 2.16. The van der Waals surface area contributed by atoms with Crippen molar-refractivity contribution in [3.8, 4) is 0 Å². The minimum Gasteiger partial charge on any atom is -0.341 e. The number of aromatic amines is 1. The lowest BCUT2D eigenvalue weighted by Gasteiger charge is -1.93. The number of aryl methyl sites for hydroxylation is 1. The summed E-state index contributed by atoms with van der Waals surface area (Å²) in [4.78, 5) is 7.83. The summed E-state index contributed by atoms with van der Waals surface area (Å²) in [5.74, 6) is 1.14. The zero-order valence-corrected chi connectivity index (χ0v) is 8.66. The Morgan fingerprint density at radius 3 is 3.08 bits per heavy atom. The number of unbranched alkanes of at least 4 members (excludes halogenated alkanes) is 2. The van der Waals surface area contributed by atoms with Gasteiger partial charge >= 0.3 is 0 Å². The summed E-state index contributed by atoms with van der Waals surface area (Å²) < 4.78 is 0. The van der Waals surface area contributed by atoms with Crippen LogP contribution in [0.2, 0.25) is 0 Å². The molecular weight excluding hydrogens is 180 g/mol. The SMILES string of the molecule is CCCCCc1nc2cscc2[nH]1. The molecule has 0 fully saturated rings. The normalized spacial score (nSPS) is 11.2. The molecule has 1 N–H and O–H groups in total. The highest BCUT2D eigenvalue weighted by atomic mass is 32.1.